The van der Waals surface area contributed by atoms with Crippen molar-refractivity contribution in [3.05, 3.63) is 12.2 Å². The first-order valence-corrected chi connectivity index (χ1v) is 2.75. The Bertz CT molecular complexity index is 70.9. The number of ether oxygens (including phenoxy) is 1. The third-order valence-electron chi connectivity index (χ3n) is 0.799. The lowest BCUT2D eigenvalue weighted by Crippen LogP contribution is -2.07. The summed E-state index contributed by atoms with van der Waals surface area (Å²) < 4.78 is 5.01. The molecule has 2 nitrogen and oxygen atoms in total. The van der Waals surface area contributed by atoms with Crippen LogP contribution in [-0.2, 0) is 4.74 Å². The lowest BCUT2D eigenvalue weighted by Gasteiger charge is -1.99. The third kappa shape index (κ3) is 3.84. The van der Waals surface area contributed by atoms with Gasteiger partial charge >= 0.3 is 0 Å². The normalized spacial score (nSPS) is 9.25. The van der Waals surface area contributed by atoms with Crippen molar-refractivity contribution in [2.24, 2.45) is 5.73 Å². The largest absolute Gasteiger partial charge is 0.377 e. The van der Waals surface area contributed by atoms with Gasteiger partial charge in [-0.1, -0.05) is 6.58 Å². The molecule has 0 atom stereocenters. The molecule has 0 saturated heterocycles. The maximum atomic E-state index is 5.23. The van der Waals surface area contributed by atoms with Crippen molar-refractivity contribution in [3.63, 3.8) is 0 Å². The van der Waals surface area contributed by atoms with Gasteiger partial charge in [0.15, 0.2) is 0 Å². The van der Waals surface area contributed by atoms with Crippen LogP contribution in [0.2, 0.25) is 0 Å². The van der Waals surface area contributed by atoms with E-state index in [0.717, 1.165) is 12.2 Å². The summed E-state index contributed by atoms with van der Waals surface area (Å²) in [5.74, 6) is 0. The number of nitrogens with two attached hydrogens (primary N) is 1. The van der Waals surface area contributed by atoms with Gasteiger partial charge < -0.3 is 10.5 Å². The van der Waals surface area contributed by atoms with Crippen LogP contribution in [0.25, 0.3) is 0 Å². The van der Waals surface area contributed by atoms with Gasteiger partial charge in [-0.15, -0.1) is 0 Å². The van der Waals surface area contributed by atoms with Crippen molar-refractivity contribution in [1.82, 2.24) is 0 Å². The quantitative estimate of drug-likeness (QED) is 0.543. The molecule has 0 spiro atoms. The lowest BCUT2D eigenvalue weighted by molar-refractivity contribution is 0.170. The fourth-order valence-electron chi connectivity index (χ4n) is 0.305. The topological polar surface area (TPSA) is 35.2 Å². The molecule has 0 radical (unpaired) electrons. The molecule has 0 fully saturated rings. The maximum Gasteiger partial charge on any atom is 0.0686 e. The minimum Gasteiger partial charge on any atom is -0.377 e. The molecular formula is C6H13NO. The Kier molecular flexibility index (Phi) is 4.61. The summed E-state index contributed by atoms with van der Waals surface area (Å²) in [6.07, 6.45) is 0. The molecule has 0 saturated carbocycles. The lowest BCUT2D eigenvalue weighted by atomic mass is 10.3. The monoisotopic (exact) mass is 115 g/mol. The van der Waals surface area contributed by atoms with Gasteiger partial charge in [-0.3, -0.25) is 0 Å². The van der Waals surface area contributed by atoms with E-state index in [1.807, 2.05) is 6.92 Å². The average Bonchev–Trinajstić information content (AvgIpc) is 1.83. The van der Waals surface area contributed by atoms with E-state index < -0.39 is 0 Å². The van der Waals surface area contributed by atoms with Crippen LogP contribution in [0, 0.1) is 0 Å². The van der Waals surface area contributed by atoms with E-state index in [1.54, 1.807) is 0 Å². The van der Waals surface area contributed by atoms with Crippen molar-refractivity contribution < 1.29 is 4.74 Å². The highest BCUT2D eigenvalue weighted by Crippen LogP contribution is 1.85. The number of hydrogen-bond acceptors (Lipinski definition) is 2. The van der Waals surface area contributed by atoms with E-state index in [4.69, 9.17) is 10.5 Å². The second-order valence-electron chi connectivity index (χ2n) is 1.59. The number of hydrogen-bond donors (Lipinski definition) is 1. The molecule has 8 heavy (non-hydrogen) atoms. The Morgan fingerprint density at radius 1 is 1.75 bits per heavy atom. The fraction of sp³-hybridized carbons (Fsp3) is 0.667. The predicted octanol–water partition coefficient (Wildman–Crippen LogP) is 0.538. The van der Waals surface area contributed by atoms with Crippen LogP contribution < -0.4 is 5.73 Å². The van der Waals surface area contributed by atoms with Crippen LogP contribution in [0.4, 0.5) is 0 Å². The molecule has 0 amide bonds. The van der Waals surface area contributed by atoms with Gasteiger partial charge in [0.2, 0.25) is 0 Å². The van der Waals surface area contributed by atoms with Gasteiger partial charge in [-0.25, -0.2) is 0 Å². The molecule has 0 aromatic carbocycles. The minimum atomic E-state index is 0.528. The molecule has 2 heteroatoms. The van der Waals surface area contributed by atoms with Crippen molar-refractivity contribution in [3.8, 4) is 0 Å². The van der Waals surface area contributed by atoms with Crippen LogP contribution in [-0.4, -0.2) is 19.8 Å². The molecule has 0 aliphatic carbocycles. The van der Waals surface area contributed by atoms with E-state index >= 15 is 0 Å². The van der Waals surface area contributed by atoms with Crippen molar-refractivity contribution in [2.45, 2.75) is 6.92 Å². The van der Waals surface area contributed by atoms with Gasteiger partial charge in [-0.05, 0) is 12.5 Å². The predicted molar refractivity (Wildman–Crippen MR) is 34.7 cm³/mol. The molecule has 0 aliphatic heterocycles. The Hall–Kier alpha value is -0.340. The van der Waals surface area contributed by atoms with Crippen molar-refractivity contribution >= 4 is 0 Å². The SMILES string of the molecule is C=C(CN)COCC. The third-order valence-corrected chi connectivity index (χ3v) is 0.799. The first-order chi connectivity index (χ1) is 3.81. The molecule has 0 rings (SSSR count). The van der Waals surface area contributed by atoms with Gasteiger partial charge in [0, 0.05) is 13.2 Å². The first kappa shape index (κ1) is 7.66. The molecule has 0 aromatic rings. The number of rotatable bonds is 4. The highest BCUT2D eigenvalue weighted by atomic mass is 16.5. The Morgan fingerprint density at radius 3 is 2.75 bits per heavy atom. The summed E-state index contributed by atoms with van der Waals surface area (Å²) in [6, 6.07) is 0. The smallest absolute Gasteiger partial charge is 0.0686 e. The average molecular weight is 115 g/mol. The highest BCUT2D eigenvalue weighted by molar-refractivity contribution is 4.95. The zero-order valence-electron chi connectivity index (χ0n) is 5.31. The summed E-state index contributed by atoms with van der Waals surface area (Å²) in [5.41, 5.74) is 6.18. The van der Waals surface area contributed by atoms with Crippen LogP contribution >= 0.6 is 0 Å². The van der Waals surface area contributed by atoms with E-state index in [1.165, 1.54) is 0 Å². The molecule has 0 heterocycles. The van der Waals surface area contributed by atoms with E-state index in [2.05, 4.69) is 6.58 Å². The molecule has 48 valence electrons. The molecular weight excluding hydrogens is 102 g/mol. The summed E-state index contributed by atoms with van der Waals surface area (Å²) in [6.45, 7) is 7.48. The minimum absolute atomic E-state index is 0.528. The summed E-state index contributed by atoms with van der Waals surface area (Å²) >= 11 is 0. The Balaban J connectivity index is 2.99. The van der Waals surface area contributed by atoms with Gasteiger partial charge in [0.1, 0.15) is 0 Å². The van der Waals surface area contributed by atoms with E-state index in [9.17, 15) is 0 Å². The van der Waals surface area contributed by atoms with Crippen LogP contribution in [0.15, 0.2) is 12.2 Å². The standard InChI is InChI=1S/C6H13NO/c1-3-8-5-6(2)4-7/h2-5,7H2,1H3. The summed E-state index contributed by atoms with van der Waals surface area (Å²) in [5, 5.41) is 0. The van der Waals surface area contributed by atoms with Crippen LogP contribution in [0.1, 0.15) is 6.92 Å². The van der Waals surface area contributed by atoms with E-state index in [-0.39, 0.29) is 0 Å². The Morgan fingerprint density at radius 2 is 2.38 bits per heavy atom. The first-order valence-electron chi connectivity index (χ1n) is 2.75. The van der Waals surface area contributed by atoms with Gasteiger partial charge in [0.05, 0.1) is 6.61 Å². The summed E-state index contributed by atoms with van der Waals surface area (Å²) in [4.78, 5) is 0. The highest BCUT2D eigenvalue weighted by Gasteiger charge is 1.86. The zero-order valence-corrected chi connectivity index (χ0v) is 5.31. The second-order valence-corrected chi connectivity index (χ2v) is 1.59. The van der Waals surface area contributed by atoms with Gasteiger partial charge in [-0.2, -0.15) is 0 Å². The van der Waals surface area contributed by atoms with Crippen LogP contribution in [0.3, 0.4) is 0 Å². The molecule has 0 aliphatic rings. The molecule has 0 aromatic heterocycles. The molecule has 0 unspecified atom stereocenters. The molecule has 2 N–H and O–H groups in total. The molecule has 0 bridgehead atoms. The van der Waals surface area contributed by atoms with Crippen LogP contribution in [0.5, 0.6) is 0 Å². The van der Waals surface area contributed by atoms with Crippen molar-refractivity contribution in [1.29, 1.82) is 0 Å². The summed E-state index contributed by atoms with van der Waals surface area (Å²) in [7, 11) is 0. The Labute approximate surface area is 50.3 Å². The second kappa shape index (κ2) is 4.81. The van der Waals surface area contributed by atoms with Gasteiger partial charge in [0.25, 0.3) is 0 Å². The maximum absolute atomic E-state index is 5.23. The van der Waals surface area contributed by atoms with Crippen molar-refractivity contribution in [2.75, 3.05) is 19.8 Å². The van der Waals surface area contributed by atoms with E-state index in [0.29, 0.717) is 13.2 Å². The fourth-order valence-corrected chi connectivity index (χ4v) is 0.305. The zero-order chi connectivity index (χ0) is 6.41.